The molecule has 2 rings (SSSR count). The standard InChI is InChI=1S/C11H22N4S/c12-11(14-13)16-8-9-4-3-7-15-6-2-1-5-10(9)15/h9-10H,1-8,13H2,(H2,12,14)/t9-,10+/m0/s1. The highest BCUT2D eigenvalue weighted by Gasteiger charge is 2.32. The van der Waals surface area contributed by atoms with Crippen molar-refractivity contribution in [3.05, 3.63) is 0 Å². The van der Waals surface area contributed by atoms with Gasteiger partial charge in [0.15, 0.2) is 5.17 Å². The van der Waals surface area contributed by atoms with Gasteiger partial charge in [0.2, 0.25) is 0 Å². The molecule has 0 unspecified atom stereocenters. The zero-order valence-electron chi connectivity index (χ0n) is 9.77. The highest BCUT2D eigenvalue weighted by Crippen LogP contribution is 2.32. The van der Waals surface area contributed by atoms with Crippen molar-refractivity contribution in [1.82, 2.24) is 4.90 Å². The monoisotopic (exact) mass is 242 g/mol. The van der Waals surface area contributed by atoms with Gasteiger partial charge in [-0.1, -0.05) is 18.2 Å². The van der Waals surface area contributed by atoms with E-state index in [0.29, 0.717) is 5.17 Å². The summed E-state index contributed by atoms with van der Waals surface area (Å²) in [5, 5.41) is 4.04. The lowest BCUT2D eigenvalue weighted by Gasteiger charge is -2.44. The van der Waals surface area contributed by atoms with Crippen LogP contribution in [0.4, 0.5) is 0 Å². The normalized spacial score (nSPS) is 32.4. The largest absolute Gasteiger partial charge is 0.377 e. The Balaban J connectivity index is 1.87. The smallest absolute Gasteiger partial charge is 0.177 e. The number of thioether (sulfide) groups is 1. The van der Waals surface area contributed by atoms with E-state index in [2.05, 4.69) is 10.0 Å². The SMILES string of the molecule is NN=C(N)SC[C@@H]1CCCN2CCCC[C@H]12. The van der Waals surface area contributed by atoms with E-state index in [1.165, 1.54) is 45.2 Å². The van der Waals surface area contributed by atoms with Crippen LogP contribution in [-0.4, -0.2) is 35.0 Å². The molecular formula is C11H22N4S. The topological polar surface area (TPSA) is 67.6 Å². The average Bonchev–Trinajstić information content (AvgIpc) is 2.35. The van der Waals surface area contributed by atoms with Crippen LogP contribution < -0.4 is 11.6 Å². The van der Waals surface area contributed by atoms with E-state index in [0.717, 1.165) is 17.7 Å². The Morgan fingerprint density at radius 1 is 1.25 bits per heavy atom. The lowest BCUT2D eigenvalue weighted by Crippen LogP contribution is -2.48. The first-order valence-electron chi connectivity index (χ1n) is 6.21. The number of fused-ring (bicyclic) bond motifs is 1. The zero-order chi connectivity index (χ0) is 11.4. The molecule has 2 aliphatic rings. The number of piperidine rings is 2. The van der Waals surface area contributed by atoms with Gasteiger partial charge >= 0.3 is 0 Å². The predicted octanol–water partition coefficient (Wildman–Crippen LogP) is 1.17. The maximum absolute atomic E-state index is 5.63. The zero-order valence-corrected chi connectivity index (χ0v) is 10.6. The molecule has 2 heterocycles. The van der Waals surface area contributed by atoms with Gasteiger partial charge < -0.3 is 16.5 Å². The molecule has 0 saturated carbocycles. The second-order valence-electron chi connectivity index (χ2n) is 4.78. The van der Waals surface area contributed by atoms with Gasteiger partial charge in [0.1, 0.15) is 0 Å². The fourth-order valence-corrected chi connectivity index (χ4v) is 3.85. The van der Waals surface area contributed by atoms with Crippen LogP contribution in [0.15, 0.2) is 5.10 Å². The molecule has 0 aromatic rings. The van der Waals surface area contributed by atoms with Gasteiger partial charge in [0, 0.05) is 11.8 Å². The van der Waals surface area contributed by atoms with Crippen molar-refractivity contribution < 1.29 is 0 Å². The summed E-state index contributed by atoms with van der Waals surface area (Å²) in [6.45, 7) is 2.60. The summed E-state index contributed by atoms with van der Waals surface area (Å²) in [4.78, 5) is 2.67. The first kappa shape index (κ1) is 12.0. The minimum Gasteiger partial charge on any atom is -0.377 e. The summed E-state index contributed by atoms with van der Waals surface area (Å²) in [5.74, 6) is 7.01. The number of hydrazone groups is 1. The molecule has 0 aromatic carbocycles. The third-order valence-corrected chi connectivity index (χ3v) is 4.80. The second kappa shape index (κ2) is 5.77. The highest BCUT2D eigenvalue weighted by atomic mass is 32.2. The van der Waals surface area contributed by atoms with Crippen molar-refractivity contribution in [3.8, 4) is 0 Å². The molecule has 0 radical (unpaired) electrons. The molecule has 2 saturated heterocycles. The summed E-state index contributed by atoms with van der Waals surface area (Å²) in [5.41, 5.74) is 5.63. The molecule has 0 aliphatic carbocycles. The molecule has 92 valence electrons. The molecule has 2 atom stereocenters. The maximum atomic E-state index is 5.63. The van der Waals surface area contributed by atoms with Crippen molar-refractivity contribution in [1.29, 1.82) is 0 Å². The number of hydrogen-bond acceptors (Lipinski definition) is 4. The second-order valence-corrected chi connectivity index (χ2v) is 5.82. The summed E-state index contributed by atoms with van der Waals surface area (Å²) in [6.07, 6.45) is 6.81. The number of rotatable bonds is 2. The predicted molar refractivity (Wildman–Crippen MR) is 70.2 cm³/mol. The Morgan fingerprint density at radius 3 is 2.88 bits per heavy atom. The van der Waals surface area contributed by atoms with Crippen molar-refractivity contribution in [3.63, 3.8) is 0 Å². The molecular weight excluding hydrogens is 220 g/mol. The summed E-state index contributed by atoms with van der Waals surface area (Å²) >= 11 is 1.61. The van der Waals surface area contributed by atoms with Gasteiger partial charge in [-0.25, -0.2) is 0 Å². The lowest BCUT2D eigenvalue weighted by molar-refractivity contribution is 0.0694. The Hall–Kier alpha value is -0.420. The molecule has 0 bridgehead atoms. The molecule has 2 aliphatic heterocycles. The van der Waals surface area contributed by atoms with Crippen LogP contribution in [0, 0.1) is 5.92 Å². The molecule has 2 fully saturated rings. The van der Waals surface area contributed by atoms with Crippen LogP contribution in [0.5, 0.6) is 0 Å². The summed E-state index contributed by atoms with van der Waals surface area (Å²) in [6, 6.07) is 0.792. The third-order valence-electron chi connectivity index (χ3n) is 3.80. The molecule has 4 N–H and O–H groups in total. The van der Waals surface area contributed by atoms with Gasteiger partial charge in [0.25, 0.3) is 0 Å². The van der Waals surface area contributed by atoms with Gasteiger partial charge in [0.05, 0.1) is 0 Å². The van der Waals surface area contributed by atoms with Crippen LogP contribution in [0.3, 0.4) is 0 Å². The van der Waals surface area contributed by atoms with Crippen molar-refractivity contribution in [2.24, 2.45) is 22.6 Å². The molecule has 0 spiro atoms. The molecule has 4 nitrogen and oxygen atoms in total. The fourth-order valence-electron chi connectivity index (χ4n) is 3.00. The molecule has 0 amide bonds. The third kappa shape index (κ3) is 2.83. The van der Waals surface area contributed by atoms with E-state index < -0.39 is 0 Å². The van der Waals surface area contributed by atoms with E-state index in [4.69, 9.17) is 11.6 Å². The van der Waals surface area contributed by atoms with E-state index in [1.54, 1.807) is 11.8 Å². The van der Waals surface area contributed by atoms with Crippen LogP contribution >= 0.6 is 11.8 Å². The maximum Gasteiger partial charge on any atom is 0.177 e. The minimum absolute atomic E-state index is 0.521. The van der Waals surface area contributed by atoms with Gasteiger partial charge in [-0.15, -0.1) is 0 Å². The van der Waals surface area contributed by atoms with Gasteiger partial charge in [-0.3, -0.25) is 0 Å². The number of nitrogens with zero attached hydrogens (tertiary/aromatic N) is 2. The Morgan fingerprint density at radius 2 is 2.06 bits per heavy atom. The Labute approximate surface area is 102 Å². The van der Waals surface area contributed by atoms with E-state index >= 15 is 0 Å². The van der Waals surface area contributed by atoms with Crippen molar-refractivity contribution in [2.75, 3.05) is 18.8 Å². The fraction of sp³-hybridized carbons (Fsp3) is 0.909. The molecule has 5 heteroatoms. The minimum atomic E-state index is 0.521. The summed E-state index contributed by atoms with van der Waals surface area (Å²) < 4.78 is 0. The van der Waals surface area contributed by atoms with Gasteiger partial charge in [-0.2, -0.15) is 5.10 Å². The Kier molecular flexibility index (Phi) is 4.35. The van der Waals surface area contributed by atoms with E-state index in [-0.39, 0.29) is 0 Å². The van der Waals surface area contributed by atoms with Gasteiger partial charge in [-0.05, 0) is 44.7 Å². The van der Waals surface area contributed by atoms with Crippen molar-refractivity contribution >= 4 is 16.9 Å². The first-order valence-corrected chi connectivity index (χ1v) is 7.20. The van der Waals surface area contributed by atoms with Crippen molar-refractivity contribution in [2.45, 2.75) is 38.1 Å². The lowest BCUT2D eigenvalue weighted by atomic mass is 9.85. The van der Waals surface area contributed by atoms with Crippen LogP contribution in [0.25, 0.3) is 0 Å². The number of hydrogen-bond donors (Lipinski definition) is 2. The molecule has 16 heavy (non-hydrogen) atoms. The number of amidine groups is 1. The van der Waals surface area contributed by atoms with Crippen LogP contribution in [0.2, 0.25) is 0 Å². The first-order chi connectivity index (χ1) is 7.81. The quantitative estimate of drug-likeness (QED) is 0.330. The van der Waals surface area contributed by atoms with Crippen LogP contribution in [-0.2, 0) is 0 Å². The summed E-state index contributed by atoms with van der Waals surface area (Å²) in [7, 11) is 0. The van der Waals surface area contributed by atoms with E-state index in [9.17, 15) is 0 Å². The average molecular weight is 242 g/mol. The molecule has 0 aromatic heterocycles. The van der Waals surface area contributed by atoms with E-state index in [1.807, 2.05) is 0 Å². The van der Waals surface area contributed by atoms with Crippen LogP contribution in [0.1, 0.15) is 32.1 Å². The number of nitrogens with two attached hydrogens (primary N) is 2. The Bertz CT molecular complexity index is 254. The highest BCUT2D eigenvalue weighted by molar-refractivity contribution is 8.13.